The summed E-state index contributed by atoms with van der Waals surface area (Å²) >= 11 is 0. The topological polar surface area (TPSA) is 237 Å². The molecule has 0 saturated carbocycles. The van der Waals surface area contributed by atoms with Crippen LogP contribution in [-0.4, -0.2) is 96.7 Å². The van der Waals surface area contributed by atoms with E-state index in [0.717, 1.165) is 120 Å². The van der Waals surface area contributed by atoms with Gasteiger partial charge in [-0.05, 0) is 49.4 Å². The van der Waals surface area contributed by atoms with Crippen molar-refractivity contribution in [2.45, 2.75) is 324 Å². The Bertz CT molecular complexity index is 1660. The van der Waals surface area contributed by atoms with Crippen LogP contribution in [0, 0.1) is 23.7 Å². The second kappa shape index (κ2) is 54.2. The Kier molecular flexibility index (Phi) is 53.0. The van der Waals surface area contributed by atoms with Gasteiger partial charge in [-0.15, -0.1) is 0 Å². The minimum atomic E-state index is -4.95. The van der Waals surface area contributed by atoms with Crippen molar-refractivity contribution in [3.05, 3.63) is 0 Å². The normalized spacial score (nSPS) is 14.8. The Hall–Kier alpha value is -1.94. The summed E-state index contributed by atoms with van der Waals surface area (Å²) in [5.41, 5.74) is 0. The fourth-order valence-corrected chi connectivity index (χ4v) is 11.0. The van der Waals surface area contributed by atoms with Crippen molar-refractivity contribution in [2.75, 3.05) is 39.6 Å². The maximum atomic E-state index is 13.0. The average molecular weight is 1230 g/mol. The number of unbranched alkanes of at least 4 members (excludes halogenated alkanes) is 26. The zero-order chi connectivity index (χ0) is 61.8. The standard InChI is InChI=1S/C64H124O17P2/c1-9-57(8)43-35-27-22-23-29-37-45-62(67)75-51-60(80-63(68)46-38-30-19-12-10-11-16-24-32-40-54(2)3)53-79-83(72,73)77-49-58(65)48-76-82(70,71)78-52-59(50-74-61(66)44-36-28-21-15-18-26-34-42-56(6)7)81-64(69)47-39-31-20-14-13-17-25-33-41-55(4)5/h54-60,65H,9-53H2,1-8H3,(H,70,71)(H,72,73)/t57?,58-,59-,60-/m1/s1. The lowest BCUT2D eigenvalue weighted by molar-refractivity contribution is -0.161. The lowest BCUT2D eigenvalue weighted by atomic mass is 10.00. The molecule has 0 heterocycles. The van der Waals surface area contributed by atoms with E-state index in [1.54, 1.807) is 0 Å². The fraction of sp³-hybridized carbons (Fsp3) is 0.938. The first-order valence-electron chi connectivity index (χ1n) is 33.2. The summed E-state index contributed by atoms with van der Waals surface area (Å²) in [6.07, 6.45) is 33.6. The quantitative estimate of drug-likeness (QED) is 0.0222. The minimum absolute atomic E-state index is 0.103. The van der Waals surface area contributed by atoms with Gasteiger partial charge in [-0.1, -0.05) is 254 Å². The number of carbonyl (C=O) groups is 4. The van der Waals surface area contributed by atoms with Crippen molar-refractivity contribution in [2.24, 2.45) is 23.7 Å². The van der Waals surface area contributed by atoms with E-state index >= 15 is 0 Å². The second-order valence-corrected chi connectivity index (χ2v) is 27.7. The monoisotopic (exact) mass is 1230 g/mol. The number of hydrogen-bond donors (Lipinski definition) is 3. The van der Waals surface area contributed by atoms with E-state index in [2.05, 4.69) is 55.4 Å². The molecule has 0 aromatic heterocycles. The molecule has 6 atom stereocenters. The molecule has 0 aliphatic rings. The van der Waals surface area contributed by atoms with Crippen LogP contribution in [0.1, 0.15) is 306 Å². The van der Waals surface area contributed by atoms with Gasteiger partial charge in [0.05, 0.1) is 26.4 Å². The van der Waals surface area contributed by atoms with E-state index in [9.17, 15) is 43.2 Å². The number of hydrogen-bond acceptors (Lipinski definition) is 15. The van der Waals surface area contributed by atoms with E-state index < -0.39 is 97.5 Å². The van der Waals surface area contributed by atoms with Crippen molar-refractivity contribution in [1.82, 2.24) is 0 Å². The summed E-state index contributed by atoms with van der Waals surface area (Å²) < 4.78 is 68.0. The van der Waals surface area contributed by atoms with Crippen molar-refractivity contribution < 1.29 is 80.2 Å². The predicted octanol–water partition coefficient (Wildman–Crippen LogP) is 17.4. The van der Waals surface area contributed by atoms with Crippen LogP contribution in [0.5, 0.6) is 0 Å². The molecular formula is C64H124O17P2. The van der Waals surface area contributed by atoms with E-state index in [0.29, 0.717) is 31.6 Å². The van der Waals surface area contributed by atoms with Crippen LogP contribution in [0.3, 0.4) is 0 Å². The summed E-state index contributed by atoms with van der Waals surface area (Å²) in [7, 11) is -9.89. The molecule has 0 amide bonds. The molecular weight excluding hydrogens is 1100 g/mol. The molecule has 492 valence electrons. The molecule has 17 nitrogen and oxygen atoms in total. The summed E-state index contributed by atoms with van der Waals surface area (Å²) in [5.74, 6) is 0.749. The first-order chi connectivity index (χ1) is 39.6. The molecule has 0 fully saturated rings. The van der Waals surface area contributed by atoms with Crippen LogP contribution in [-0.2, 0) is 65.4 Å². The number of phosphoric ester groups is 2. The van der Waals surface area contributed by atoms with Gasteiger partial charge in [0, 0.05) is 25.7 Å². The van der Waals surface area contributed by atoms with E-state index in [1.165, 1.54) is 96.3 Å². The van der Waals surface area contributed by atoms with E-state index in [4.69, 9.17) is 37.0 Å². The Labute approximate surface area is 505 Å². The smallest absolute Gasteiger partial charge is 0.462 e. The van der Waals surface area contributed by atoms with Crippen molar-refractivity contribution in [3.8, 4) is 0 Å². The Balaban J connectivity index is 5.26. The highest BCUT2D eigenvalue weighted by molar-refractivity contribution is 7.47. The molecule has 0 rings (SSSR count). The third-order valence-corrected chi connectivity index (χ3v) is 16.8. The van der Waals surface area contributed by atoms with Gasteiger partial charge in [-0.2, -0.15) is 0 Å². The van der Waals surface area contributed by atoms with Gasteiger partial charge in [0.2, 0.25) is 0 Å². The summed E-state index contributed by atoms with van der Waals surface area (Å²) in [4.78, 5) is 72.2. The number of ether oxygens (including phenoxy) is 4. The van der Waals surface area contributed by atoms with Crippen LogP contribution in [0.2, 0.25) is 0 Å². The maximum Gasteiger partial charge on any atom is 0.472 e. The first kappa shape index (κ1) is 81.1. The van der Waals surface area contributed by atoms with Crippen molar-refractivity contribution >= 4 is 39.5 Å². The number of rotatable bonds is 61. The highest BCUT2D eigenvalue weighted by Crippen LogP contribution is 2.45. The van der Waals surface area contributed by atoms with Crippen LogP contribution >= 0.6 is 15.6 Å². The third-order valence-electron chi connectivity index (χ3n) is 14.9. The van der Waals surface area contributed by atoms with E-state index in [-0.39, 0.29) is 25.7 Å². The fourth-order valence-electron chi connectivity index (χ4n) is 9.40. The molecule has 0 aromatic carbocycles. The zero-order valence-corrected chi connectivity index (χ0v) is 55.6. The molecule has 0 aliphatic heterocycles. The SMILES string of the molecule is CCC(C)CCCCCCCCC(=O)OC[C@H](COP(=O)(O)OC[C@H](O)COP(=O)(O)OC[C@@H](COC(=O)CCCCCCCCCC(C)C)OC(=O)CCCCCCCCCCC(C)C)OC(=O)CCCCCCCCCCCC(C)C. The average Bonchev–Trinajstić information content (AvgIpc) is 3.46. The molecule has 0 radical (unpaired) electrons. The minimum Gasteiger partial charge on any atom is -0.462 e. The molecule has 3 N–H and O–H groups in total. The van der Waals surface area contributed by atoms with Gasteiger partial charge in [-0.25, -0.2) is 9.13 Å². The van der Waals surface area contributed by atoms with Gasteiger partial charge in [-0.3, -0.25) is 37.3 Å². The van der Waals surface area contributed by atoms with Gasteiger partial charge in [0.15, 0.2) is 12.2 Å². The second-order valence-electron chi connectivity index (χ2n) is 24.8. The Morgan fingerprint density at radius 1 is 0.337 bits per heavy atom. The molecule has 0 saturated heterocycles. The number of carbonyl (C=O) groups excluding carboxylic acids is 4. The molecule has 0 bridgehead atoms. The molecule has 83 heavy (non-hydrogen) atoms. The number of phosphoric acid groups is 2. The van der Waals surface area contributed by atoms with Gasteiger partial charge in [0.1, 0.15) is 19.3 Å². The van der Waals surface area contributed by atoms with E-state index in [1.807, 2.05) is 0 Å². The number of aliphatic hydroxyl groups excluding tert-OH is 1. The lowest BCUT2D eigenvalue weighted by Gasteiger charge is -2.21. The van der Waals surface area contributed by atoms with Gasteiger partial charge >= 0.3 is 39.5 Å². The zero-order valence-electron chi connectivity index (χ0n) is 53.8. The Morgan fingerprint density at radius 3 is 0.855 bits per heavy atom. The highest BCUT2D eigenvalue weighted by Gasteiger charge is 2.30. The van der Waals surface area contributed by atoms with Crippen molar-refractivity contribution in [3.63, 3.8) is 0 Å². The van der Waals surface area contributed by atoms with Gasteiger partial charge in [0.25, 0.3) is 0 Å². The largest absolute Gasteiger partial charge is 0.472 e. The van der Waals surface area contributed by atoms with Crippen LogP contribution in [0.4, 0.5) is 0 Å². The first-order valence-corrected chi connectivity index (χ1v) is 36.2. The van der Waals surface area contributed by atoms with Crippen LogP contribution in [0.15, 0.2) is 0 Å². The molecule has 0 spiro atoms. The number of aliphatic hydroxyl groups is 1. The van der Waals surface area contributed by atoms with Crippen LogP contribution < -0.4 is 0 Å². The number of esters is 4. The molecule has 3 unspecified atom stereocenters. The lowest BCUT2D eigenvalue weighted by Crippen LogP contribution is -2.30. The molecule has 0 aromatic rings. The molecule has 19 heteroatoms. The molecule has 0 aliphatic carbocycles. The third kappa shape index (κ3) is 57.6. The maximum absolute atomic E-state index is 13.0. The highest BCUT2D eigenvalue weighted by atomic mass is 31.2. The van der Waals surface area contributed by atoms with Gasteiger partial charge < -0.3 is 33.8 Å². The van der Waals surface area contributed by atoms with Crippen molar-refractivity contribution in [1.29, 1.82) is 0 Å². The predicted molar refractivity (Wildman–Crippen MR) is 331 cm³/mol. The summed E-state index contributed by atoms with van der Waals surface area (Å²) in [6, 6.07) is 0. The summed E-state index contributed by atoms with van der Waals surface area (Å²) in [5, 5.41) is 10.5. The Morgan fingerprint density at radius 2 is 0.578 bits per heavy atom. The summed E-state index contributed by atoms with van der Waals surface area (Å²) in [6.45, 7) is 13.9. The van der Waals surface area contributed by atoms with Crippen LogP contribution in [0.25, 0.3) is 0 Å².